The third kappa shape index (κ3) is 3.35. The highest BCUT2D eigenvalue weighted by atomic mass is 32.2. The molecule has 0 amide bonds. The molecule has 0 spiro atoms. The van der Waals surface area contributed by atoms with E-state index in [0.29, 0.717) is 0 Å². The molecule has 112 valence electrons. The van der Waals surface area contributed by atoms with E-state index in [4.69, 9.17) is 5.73 Å². The maximum absolute atomic E-state index is 12.9. The molecule has 2 aromatic rings. The summed E-state index contributed by atoms with van der Waals surface area (Å²) < 4.78 is 12.9. The molecule has 2 aromatic carbocycles. The van der Waals surface area contributed by atoms with Crippen molar-refractivity contribution in [2.75, 3.05) is 0 Å². The van der Waals surface area contributed by atoms with Crippen LogP contribution >= 0.6 is 0 Å². The first-order chi connectivity index (χ1) is 10.3. The second-order valence-corrected chi connectivity index (χ2v) is 7.67. The minimum absolute atomic E-state index is 0.0672. The summed E-state index contributed by atoms with van der Waals surface area (Å²) in [7, 11) is -1.000. The van der Waals surface area contributed by atoms with Crippen LogP contribution in [0.4, 0.5) is 0 Å². The first kappa shape index (κ1) is 14.7. The standard InChI is InChI=1S/C18H23NOS/c19-17-9-3-1-2-4-10-18(17)21(20)16-12-11-14-7-5-6-8-15(14)13-16/h5-8,11-13,17-18H,1-4,9-10,19H2. The largest absolute Gasteiger partial charge is 0.327 e. The van der Waals surface area contributed by atoms with Crippen LogP contribution in [0.3, 0.4) is 0 Å². The van der Waals surface area contributed by atoms with E-state index in [1.54, 1.807) is 0 Å². The van der Waals surface area contributed by atoms with Gasteiger partial charge in [0.1, 0.15) is 0 Å². The average molecular weight is 301 g/mol. The van der Waals surface area contributed by atoms with Gasteiger partial charge in [-0.3, -0.25) is 4.21 Å². The fourth-order valence-electron chi connectivity index (χ4n) is 3.21. The first-order valence-corrected chi connectivity index (χ1v) is 9.12. The lowest BCUT2D eigenvalue weighted by atomic mass is 9.97. The molecule has 1 fully saturated rings. The van der Waals surface area contributed by atoms with Crippen molar-refractivity contribution in [3.8, 4) is 0 Å². The van der Waals surface area contributed by atoms with Crippen LogP contribution in [0, 0.1) is 0 Å². The van der Waals surface area contributed by atoms with Crippen LogP contribution in [-0.4, -0.2) is 15.5 Å². The van der Waals surface area contributed by atoms with Gasteiger partial charge in [-0.25, -0.2) is 0 Å². The predicted molar refractivity (Wildman–Crippen MR) is 89.8 cm³/mol. The minimum Gasteiger partial charge on any atom is -0.327 e. The highest BCUT2D eigenvalue weighted by Gasteiger charge is 2.26. The lowest BCUT2D eigenvalue weighted by Gasteiger charge is -2.25. The van der Waals surface area contributed by atoms with Crippen molar-refractivity contribution in [2.24, 2.45) is 5.73 Å². The van der Waals surface area contributed by atoms with Crippen LogP contribution in [0.2, 0.25) is 0 Å². The van der Waals surface area contributed by atoms with Gasteiger partial charge in [-0.15, -0.1) is 0 Å². The molecule has 21 heavy (non-hydrogen) atoms. The van der Waals surface area contributed by atoms with Gasteiger partial charge in [0.15, 0.2) is 0 Å². The molecular formula is C18H23NOS. The molecule has 3 unspecified atom stereocenters. The number of fused-ring (bicyclic) bond motifs is 1. The summed E-state index contributed by atoms with van der Waals surface area (Å²) in [5, 5.41) is 2.45. The molecule has 0 bridgehead atoms. The number of hydrogen-bond donors (Lipinski definition) is 1. The summed E-state index contributed by atoms with van der Waals surface area (Å²) in [6.45, 7) is 0. The molecule has 2 N–H and O–H groups in total. The van der Waals surface area contributed by atoms with Crippen LogP contribution < -0.4 is 5.73 Å². The molecule has 3 heteroatoms. The van der Waals surface area contributed by atoms with E-state index in [-0.39, 0.29) is 11.3 Å². The van der Waals surface area contributed by atoms with E-state index in [1.165, 1.54) is 24.6 Å². The molecule has 1 aliphatic rings. The maximum atomic E-state index is 12.9. The first-order valence-electron chi connectivity index (χ1n) is 7.91. The highest BCUT2D eigenvalue weighted by Crippen LogP contribution is 2.26. The Labute approximate surface area is 129 Å². The molecule has 0 heterocycles. The van der Waals surface area contributed by atoms with Crippen LogP contribution in [-0.2, 0) is 10.8 Å². The summed E-state index contributed by atoms with van der Waals surface area (Å²) in [6, 6.07) is 14.4. The predicted octanol–water partition coefficient (Wildman–Crippen LogP) is 4.00. The Balaban J connectivity index is 1.87. The monoisotopic (exact) mass is 301 g/mol. The number of hydrogen-bond acceptors (Lipinski definition) is 2. The summed E-state index contributed by atoms with van der Waals surface area (Å²) in [5.74, 6) is 0. The van der Waals surface area contributed by atoms with E-state index >= 15 is 0 Å². The highest BCUT2D eigenvalue weighted by molar-refractivity contribution is 7.85. The molecule has 1 saturated carbocycles. The van der Waals surface area contributed by atoms with Gasteiger partial charge in [0.2, 0.25) is 0 Å². The third-order valence-corrected chi connectivity index (χ3v) is 6.34. The third-order valence-electron chi connectivity index (χ3n) is 4.48. The van der Waals surface area contributed by atoms with Crippen LogP contribution in [0.25, 0.3) is 10.8 Å². The van der Waals surface area contributed by atoms with E-state index in [1.807, 2.05) is 18.2 Å². The zero-order chi connectivity index (χ0) is 14.7. The van der Waals surface area contributed by atoms with Crippen molar-refractivity contribution < 1.29 is 4.21 Å². The van der Waals surface area contributed by atoms with E-state index in [9.17, 15) is 4.21 Å². The normalized spacial score (nSPS) is 25.2. The Morgan fingerprint density at radius 1 is 0.905 bits per heavy atom. The molecule has 2 nitrogen and oxygen atoms in total. The van der Waals surface area contributed by atoms with Crippen molar-refractivity contribution >= 4 is 21.6 Å². The molecule has 0 aromatic heterocycles. The number of benzene rings is 2. The Kier molecular flexibility index (Phi) is 4.71. The second-order valence-electron chi connectivity index (χ2n) is 6.00. The lowest BCUT2D eigenvalue weighted by molar-refractivity contribution is 0.456. The molecule has 3 atom stereocenters. The molecule has 3 rings (SSSR count). The van der Waals surface area contributed by atoms with Gasteiger partial charge in [0.25, 0.3) is 0 Å². The van der Waals surface area contributed by atoms with Crippen LogP contribution in [0.15, 0.2) is 47.4 Å². The van der Waals surface area contributed by atoms with E-state index < -0.39 is 10.8 Å². The van der Waals surface area contributed by atoms with Crippen LogP contribution in [0.5, 0.6) is 0 Å². The molecular weight excluding hydrogens is 278 g/mol. The molecule has 0 saturated heterocycles. The summed E-state index contributed by atoms with van der Waals surface area (Å²) in [6.07, 6.45) is 6.83. The van der Waals surface area contributed by atoms with Gasteiger partial charge in [-0.05, 0) is 35.7 Å². The zero-order valence-electron chi connectivity index (χ0n) is 12.3. The smallest absolute Gasteiger partial charge is 0.0576 e. The fraction of sp³-hybridized carbons (Fsp3) is 0.444. The molecule has 1 aliphatic carbocycles. The summed E-state index contributed by atoms with van der Waals surface area (Å²) in [4.78, 5) is 0.926. The van der Waals surface area contributed by atoms with Gasteiger partial charge >= 0.3 is 0 Å². The lowest BCUT2D eigenvalue weighted by Crippen LogP contribution is -2.38. The topological polar surface area (TPSA) is 43.1 Å². The maximum Gasteiger partial charge on any atom is 0.0576 e. The van der Waals surface area contributed by atoms with Gasteiger partial charge in [-0.1, -0.05) is 56.0 Å². The van der Waals surface area contributed by atoms with Crippen LogP contribution in [0.1, 0.15) is 38.5 Å². The van der Waals surface area contributed by atoms with Crippen molar-refractivity contribution in [3.05, 3.63) is 42.5 Å². The van der Waals surface area contributed by atoms with Crippen molar-refractivity contribution in [1.82, 2.24) is 0 Å². The van der Waals surface area contributed by atoms with Gasteiger partial charge in [-0.2, -0.15) is 0 Å². The Morgan fingerprint density at radius 3 is 2.43 bits per heavy atom. The zero-order valence-corrected chi connectivity index (χ0v) is 13.1. The van der Waals surface area contributed by atoms with Gasteiger partial charge in [0, 0.05) is 10.9 Å². The average Bonchev–Trinajstić information content (AvgIpc) is 2.50. The Morgan fingerprint density at radius 2 is 1.62 bits per heavy atom. The Bertz CT molecular complexity index is 640. The second kappa shape index (κ2) is 6.71. The molecule has 0 aliphatic heterocycles. The van der Waals surface area contributed by atoms with Crippen molar-refractivity contribution in [1.29, 1.82) is 0 Å². The van der Waals surface area contributed by atoms with Crippen molar-refractivity contribution in [2.45, 2.75) is 54.7 Å². The number of nitrogens with two attached hydrogens (primary N) is 1. The van der Waals surface area contributed by atoms with Gasteiger partial charge < -0.3 is 5.73 Å². The summed E-state index contributed by atoms with van der Waals surface area (Å²) in [5.41, 5.74) is 6.31. The SMILES string of the molecule is NC1CCCCCCC1S(=O)c1ccc2ccccc2c1. The fourth-order valence-corrected chi connectivity index (χ4v) is 4.84. The van der Waals surface area contributed by atoms with Gasteiger partial charge in [0.05, 0.1) is 16.0 Å². The van der Waals surface area contributed by atoms with Crippen molar-refractivity contribution in [3.63, 3.8) is 0 Å². The van der Waals surface area contributed by atoms with E-state index in [0.717, 1.165) is 29.5 Å². The quantitative estimate of drug-likeness (QED) is 0.911. The summed E-state index contributed by atoms with van der Waals surface area (Å²) >= 11 is 0. The minimum atomic E-state index is -1.000. The number of rotatable bonds is 2. The Hall–Kier alpha value is -1.19. The molecule has 0 radical (unpaired) electrons. The van der Waals surface area contributed by atoms with E-state index in [2.05, 4.69) is 24.3 Å².